The number of anilines is 1. The molecule has 0 fully saturated rings. The number of aromatic nitrogens is 3. The Morgan fingerprint density at radius 2 is 1.71 bits per heavy atom. The standard InChI is InChI=1S/C24H16F2N4O3S/c25-16-4-1-14(2-5-16)23-28-29-24(30(23)18-8-6-17(26)7-9-18)34-13-20(31)15-3-10-21-19(11-15)27-22(32)12-33-21/h1-11H,12-13H2,(H,27,32). The summed E-state index contributed by atoms with van der Waals surface area (Å²) in [6.45, 7) is -0.0639. The van der Waals surface area contributed by atoms with E-state index in [9.17, 15) is 18.4 Å². The zero-order chi connectivity index (χ0) is 23.7. The highest BCUT2D eigenvalue weighted by Gasteiger charge is 2.20. The largest absolute Gasteiger partial charge is 0.482 e. The van der Waals surface area contributed by atoms with Crippen molar-refractivity contribution < 1.29 is 23.1 Å². The number of nitrogens with one attached hydrogen (secondary N) is 1. The van der Waals surface area contributed by atoms with Crippen molar-refractivity contribution in [2.45, 2.75) is 5.16 Å². The van der Waals surface area contributed by atoms with Crippen LogP contribution in [-0.4, -0.2) is 38.8 Å². The van der Waals surface area contributed by atoms with Crippen LogP contribution in [0.3, 0.4) is 0 Å². The quantitative estimate of drug-likeness (QED) is 0.324. The van der Waals surface area contributed by atoms with Crippen molar-refractivity contribution in [3.63, 3.8) is 0 Å². The molecule has 0 atom stereocenters. The van der Waals surface area contributed by atoms with Crippen molar-refractivity contribution in [3.05, 3.63) is 83.9 Å². The Labute approximate surface area is 196 Å². The minimum absolute atomic E-state index is 0.0380. The molecule has 1 aliphatic rings. The number of amides is 1. The summed E-state index contributed by atoms with van der Waals surface area (Å²) >= 11 is 1.16. The highest BCUT2D eigenvalue weighted by molar-refractivity contribution is 7.99. The normalized spacial score (nSPS) is 12.6. The van der Waals surface area contributed by atoms with E-state index in [4.69, 9.17) is 4.74 Å². The van der Waals surface area contributed by atoms with E-state index in [2.05, 4.69) is 15.5 Å². The number of Topliss-reactive ketones (excluding diaryl/α,β-unsaturated/α-hetero) is 1. The first-order valence-electron chi connectivity index (χ1n) is 10.2. The molecule has 1 aliphatic heterocycles. The van der Waals surface area contributed by atoms with Gasteiger partial charge in [-0.1, -0.05) is 11.8 Å². The van der Waals surface area contributed by atoms with Crippen LogP contribution >= 0.6 is 11.8 Å². The van der Waals surface area contributed by atoms with Crippen molar-refractivity contribution in [2.75, 3.05) is 17.7 Å². The summed E-state index contributed by atoms with van der Waals surface area (Å²) < 4.78 is 33.9. The molecule has 7 nitrogen and oxygen atoms in total. The van der Waals surface area contributed by atoms with Gasteiger partial charge >= 0.3 is 0 Å². The minimum Gasteiger partial charge on any atom is -0.482 e. The van der Waals surface area contributed by atoms with E-state index in [-0.39, 0.29) is 29.9 Å². The van der Waals surface area contributed by atoms with Crippen LogP contribution in [0.5, 0.6) is 5.75 Å². The number of fused-ring (bicyclic) bond motifs is 1. The number of benzene rings is 3. The van der Waals surface area contributed by atoms with E-state index < -0.39 is 5.82 Å². The number of carbonyl (C=O) groups is 2. The number of nitrogens with zero attached hydrogens (tertiary/aromatic N) is 3. The lowest BCUT2D eigenvalue weighted by atomic mass is 10.1. The fourth-order valence-corrected chi connectivity index (χ4v) is 4.29. The monoisotopic (exact) mass is 478 g/mol. The predicted octanol–water partition coefficient (Wildman–Crippen LogP) is 4.52. The van der Waals surface area contributed by atoms with Gasteiger partial charge in [-0.15, -0.1) is 10.2 Å². The van der Waals surface area contributed by atoms with E-state index in [1.54, 1.807) is 47.0 Å². The molecule has 1 N–H and O–H groups in total. The Bertz CT molecular complexity index is 1390. The second-order valence-corrected chi connectivity index (χ2v) is 8.33. The molecule has 5 rings (SSSR count). The molecule has 1 aromatic heterocycles. The highest BCUT2D eigenvalue weighted by atomic mass is 32.2. The van der Waals surface area contributed by atoms with Gasteiger partial charge in [0.05, 0.1) is 11.4 Å². The smallest absolute Gasteiger partial charge is 0.262 e. The molecule has 3 aromatic carbocycles. The Morgan fingerprint density at radius 1 is 1.00 bits per heavy atom. The number of ether oxygens (including phenoxy) is 1. The Balaban J connectivity index is 1.43. The Kier molecular flexibility index (Phi) is 5.81. The van der Waals surface area contributed by atoms with Gasteiger partial charge in [-0.3, -0.25) is 14.2 Å². The molecule has 0 spiro atoms. The molecule has 170 valence electrons. The van der Waals surface area contributed by atoms with Crippen LogP contribution < -0.4 is 10.1 Å². The second-order valence-electron chi connectivity index (χ2n) is 7.38. The van der Waals surface area contributed by atoms with E-state index >= 15 is 0 Å². The molecular formula is C24H16F2N4O3S. The lowest BCUT2D eigenvalue weighted by Gasteiger charge is -2.18. The highest BCUT2D eigenvalue weighted by Crippen LogP contribution is 2.31. The molecule has 2 heterocycles. The third-order valence-electron chi connectivity index (χ3n) is 5.09. The van der Waals surface area contributed by atoms with Crippen molar-refractivity contribution >= 4 is 29.1 Å². The molecule has 0 unspecified atom stereocenters. The third-order valence-corrected chi connectivity index (χ3v) is 6.02. The molecule has 0 saturated heterocycles. The molecule has 0 saturated carbocycles. The van der Waals surface area contributed by atoms with Crippen LogP contribution in [0.4, 0.5) is 14.5 Å². The fraction of sp³-hybridized carbons (Fsp3) is 0.0833. The van der Waals surface area contributed by atoms with Gasteiger partial charge < -0.3 is 10.1 Å². The van der Waals surface area contributed by atoms with E-state index in [1.807, 2.05) is 0 Å². The number of carbonyl (C=O) groups excluding carboxylic acids is 2. The molecule has 1 amide bonds. The molecule has 4 aromatic rings. The lowest BCUT2D eigenvalue weighted by Crippen LogP contribution is -2.25. The molecular weight excluding hydrogens is 462 g/mol. The summed E-state index contributed by atoms with van der Waals surface area (Å²) in [5.41, 5.74) is 2.06. The summed E-state index contributed by atoms with van der Waals surface area (Å²) in [5.74, 6) is -0.289. The zero-order valence-corrected chi connectivity index (χ0v) is 18.3. The first-order valence-corrected chi connectivity index (χ1v) is 11.2. The zero-order valence-electron chi connectivity index (χ0n) is 17.5. The first-order chi connectivity index (χ1) is 16.5. The number of ketones is 1. The average Bonchev–Trinajstić information content (AvgIpc) is 3.27. The van der Waals surface area contributed by atoms with Gasteiger partial charge in [0, 0.05) is 16.8 Å². The van der Waals surface area contributed by atoms with Crippen LogP contribution in [0.25, 0.3) is 17.1 Å². The van der Waals surface area contributed by atoms with Gasteiger partial charge in [-0.2, -0.15) is 0 Å². The minimum atomic E-state index is -0.395. The third kappa shape index (κ3) is 4.40. The van der Waals surface area contributed by atoms with Crippen LogP contribution in [0, 0.1) is 11.6 Å². The summed E-state index contributed by atoms with van der Waals surface area (Å²) in [4.78, 5) is 24.4. The maximum Gasteiger partial charge on any atom is 0.262 e. The van der Waals surface area contributed by atoms with Gasteiger partial charge in [0.2, 0.25) is 0 Å². The van der Waals surface area contributed by atoms with Crippen LogP contribution in [-0.2, 0) is 4.79 Å². The Morgan fingerprint density at radius 3 is 2.44 bits per heavy atom. The van der Waals surface area contributed by atoms with E-state index in [0.29, 0.717) is 39.2 Å². The molecule has 34 heavy (non-hydrogen) atoms. The van der Waals surface area contributed by atoms with Crippen molar-refractivity contribution in [1.29, 1.82) is 0 Å². The number of hydrogen-bond acceptors (Lipinski definition) is 6. The topological polar surface area (TPSA) is 86.1 Å². The number of hydrogen-bond donors (Lipinski definition) is 1. The number of rotatable bonds is 6. The van der Waals surface area contributed by atoms with Gasteiger partial charge in [0.25, 0.3) is 5.91 Å². The van der Waals surface area contributed by atoms with Gasteiger partial charge in [-0.05, 0) is 66.7 Å². The van der Waals surface area contributed by atoms with Gasteiger partial charge in [0.15, 0.2) is 23.4 Å². The van der Waals surface area contributed by atoms with Crippen molar-refractivity contribution in [2.24, 2.45) is 0 Å². The summed E-state index contributed by atoms with van der Waals surface area (Å²) in [5, 5.41) is 11.5. The van der Waals surface area contributed by atoms with Crippen LogP contribution in [0.2, 0.25) is 0 Å². The van der Waals surface area contributed by atoms with E-state index in [1.165, 1.54) is 24.3 Å². The van der Waals surface area contributed by atoms with Gasteiger partial charge in [-0.25, -0.2) is 8.78 Å². The first kappa shape index (κ1) is 21.8. The second kappa shape index (κ2) is 9.06. The van der Waals surface area contributed by atoms with Gasteiger partial charge in [0.1, 0.15) is 17.4 Å². The molecule has 0 aliphatic carbocycles. The predicted molar refractivity (Wildman–Crippen MR) is 122 cm³/mol. The van der Waals surface area contributed by atoms with Crippen molar-refractivity contribution in [3.8, 4) is 22.8 Å². The molecule has 10 heteroatoms. The summed E-state index contributed by atoms with van der Waals surface area (Å²) in [6, 6.07) is 16.4. The molecule has 0 radical (unpaired) electrons. The lowest BCUT2D eigenvalue weighted by molar-refractivity contribution is -0.118. The summed E-state index contributed by atoms with van der Waals surface area (Å²) in [6.07, 6.45) is 0. The van der Waals surface area contributed by atoms with E-state index in [0.717, 1.165) is 11.8 Å². The van der Waals surface area contributed by atoms with Crippen LogP contribution in [0.15, 0.2) is 71.9 Å². The molecule has 0 bridgehead atoms. The maximum atomic E-state index is 13.5. The SMILES string of the molecule is O=C1COc2ccc(C(=O)CSc3nnc(-c4ccc(F)cc4)n3-c3ccc(F)cc3)cc2N1. The number of thioether (sulfide) groups is 1. The Hall–Kier alpha value is -4.05. The fourth-order valence-electron chi connectivity index (χ4n) is 3.44. The maximum absolute atomic E-state index is 13.5. The number of halogens is 2. The van der Waals surface area contributed by atoms with Crippen molar-refractivity contribution in [1.82, 2.24) is 14.8 Å². The average molecular weight is 478 g/mol. The van der Waals surface area contributed by atoms with Crippen LogP contribution in [0.1, 0.15) is 10.4 Å². The summed E-state index contributed by atoms with van der Waals surface area (Å²) in [7, 11) is 0.